The summed E-state index contributed by atoms with van der Waals surface area (Å²) in [5.74, 6) is 2.01. The second kappa shape index (κ2) is 10.5. The van der Waals surface area contributed by atoms with E-state index < -0.39 is 0 Å². The molecule has 0 aliphatic carbocycles. The van der Waals surface area contributed by atoms with E-state index in [4.69, 9.17) is 19.9 Å². The highest BCUT2D eigenvalue weighted by Gasteiger charge is 2.09. The topological polar surface area (TPSA) is 81.3 Å². The van der Waals surface area contributed by atoms with Crippen LogP contribution >= 0.6 is 0 Å². The minimum absolute atomic E-state index is 0.365. The molecule has 3 N–H and O–H groups in total. The van der Waals surface area contributed by atoms with Crippen molar-refractivity contribution < 1.29 is 14.2 Å². The van der Waals surface area contributed by atoms with Crippen molar-refractivity contribution in [1.29, 1.82) is 0 Å². The Bertz CT molecular complexity index is 759. The molecule has 0 unspecified atom stereocenters. The highest BCUT2D eigenvalue weighted by Crippen LogP contribution is 2.16. The Morgan fingerprint density at radius 2 is 1.93 bits per heavy atom. The summed E-state index contributed by atoms with van der Waals surface area (Å²) in [6.07, 6.45) is 0. The number of rotatable bonds is 8. The first-order valence-corrected chi connectivity index (χ1v) is 9.46. The fourth-order valence-corrected chi connectivity index (χ4v) is 2.89. The number of hydrogen-bond donors (Lipinski definition) is 2. The summed E-state index contributed by atoms with van der Waals surface area (Å²) < 4.78 is 16.4. The maximum Gasteiger partial charge on any atom is 0.193 e. The van der Waals surface area contributed by atoms with Crippen molar-refractivity contribution in [3.63, 3.8) is 0 Å². The normalized spacial score (nSPS) is 15.2. The monoisotopic (exact) mass is 384 g/mol. The fraction of sp³-hybridized carbons (Fsp3) is 0.381. The van der Waals surface area contributed by atoms with Crippen LogP contribution in [0.3, 0.4) is 0 Å². The number of hydrogen-bond acceptors (Lipinski definition) is 5. The average Bonchev–Trinajstić information content (AvgIpc) is 2.74. The van der Waals surface area contributed by atoms with E-state index >= 15 is 0 Å². The molecule has 0 aromatic heterocycles. The van der Waals surface area contributed by atoms with Crippen LogP contribution in [0.4, 0.5) is 5.69 Å². The number of guanidine groups is 1. The Morgan fingerprint density at radius 1 is 1.14 bits per heavy atom. The average molecular weight is 384 g/mol. The van der Waals surface area contributed by atoms with E-state index in [1.807, 2.05) is 48.5 Å². The maximum absolute atomic E-state index is 5.99. The van der Waals surface area contributed by atoms with Crippen molar-refractivity contribution in [2.45, 2.75) is 6.54 Å². The Labute approximate surface area is 166 Å². The number of methoxy groups -OCH3 is 1. The minimum atomic E-state index is 0.365. The molecule has 2 aromatic carbocycles. The highest BCUT2D eigenvalue weighted by atomic mass is 16.5. The van der Waals surface area contributed by atoms with Gasteiger partial charge in [-0.15, -0.1) is 0 Å². The van der Waals surface area contributed by atoms with Crippen molar-refractivity contribution in [2.24, 2.45) is 10.7 Å². The van der Waals surface area contributed by atoms with Gasteiger partial charge in [0.05, 0.1) is 26.9 Å². The molecule has 0 atom stereocenters. The molecule has 1 fully saturated rings. The Morgan fingerprint density at radius 3 is 2.68 bits per heavy atom. The third-order valence-corrected chi connectivity index (χ3v) is 4.47. The molecule has 7 nitrogen and oxygen atoms in total. The fourth-order valence-electron chi connectivity index (χ4n) is 2.89. The van der Waals surface area contributed by atoms with Crippen LogP contribution in [0.5, 0.6) is 11.5 Å². The van der Waals surface area contributed by atoms with E-state index in [2.05, 4.69) is 15.2 Å². The summed E-state index contributed by atoms with van der Waals surface area (Å²) in [5.41, 5.74) is 7.89. The summed E-state index contributed by atoms with van der Waals surface area (Å²) in [7, 11) is 1.64. The molecule has 1 aliphatic rings. The molecule has 1 saturated heterocycles. The Kier molecular flexibility index (Phi) is 7.52. The maximum atomic E-state index is 5.99. The van der Waals surface area contributed by atoms with Crippen molar-refractivity contribution >= 4 is 11.6 Å². The smallest absolute Gasteiger partial charge is 0.193 e. The van der Waals surface area contributed by atoms with E-state index in [0.29, 0.717) is 19.1 Å². The third-order valence-electron chi connectivity index (χ3n) is 4.47. The lowest BCUT2D eigenvalue weighted by Crippen LogP contribution is -2.38. The zero-order valence-corrected chi connectivity index (χ0v) is 16.3. The molecule has 28 heavy (non-hydrogen) atoms. The van der Waals surface area contributed by atoms with Crippen LogP contribution in [0, 0.1) is 0 Å². The molecular weight excluding hydrogens is 356 g/mol. The van der Waals surface area contributed by atoms with E-state index in [-0.39, 0.29) is 0 Å². The van der Waals surface area contributed by atoms with Gasteiger partial charge in [-0.2, -0.15) is 0 Å². The molecule has 0 spiro atoms. The zero-order chi connectivity index (χ0) is 19.6. The number of morpholine rings is 1. The predicted molar refractivity (Wildman–Crippen MR) is 111 cm³/mol. The SMILES string of the molecule is COc1ccc(NC(N)=NCc2cccc(OCCN3CCOCC3)c2)cc1. The van der Waals surface area contributed by atoms with Crippen molar-refractivity contribution in [2.75, 3.05) is 51.9 Å². The molecule has 0 amide bonds. The summed E-state index contributed by atoms with van der Waals surface area (Å²) in [6, 6.07) is 15.5. The van der Waals surface area contributed by atoms with E-state index in [9.17, 15) is 0 Å². The quantitative estimate of drug-likeness (QED) is 0.537. The van der Waals surface area contributed by atoms with Gasteiger partial charge in [0.15, 0.2) is 5.96 Å². The van der Waals surface area contributed by atoms with Crippen LogP contribution in [0.1, 0.15) is 5.56 Å². The summed E-state index contributed by atoms with van der Waals surface area (Å²) >= 11 is 0. The molecule has 1 aliphatic heterocycles. The van der Waals surface area contributed by atoms with Crippen molar-refractivity contribution in [3.05, 3.63) is 54.1 Å². The lowest BCUT2D eigenvalue weighted by molar-refractivity contribution is 0.0322. The first kappa shape index (κ1) is 20.0. The largest absolute Gasteiger partial charge is 0.497 e. The van der Waals surface area contributed by atoms with Gasteiger partial charge >= 0.3 is 0 Å². The first-order chi connectivity index (χ1) is 13.7. The number of benzene rings is 2. The summed E-state index contributed by atoms with van der Waals surface area (Å²) in [4.78, 5) is 6.75. The van der Waals surface area contributed by atoms with Gasteiger partial charge in [0, 0.05) is 25.3 Å². The van der Waals surface area contributed by atoms with Crippen LogP contribution < -0.4 is 20.5 Å². The van der Waals surface area contributed by atoms with Crippen LogP contribution in [0.2, 0.25) is 0 Å². The lowest BCUT2D eigenvalue weighted by Gasteiger charge is -2.26. The molecule has 0 saturated carbocycles. The molecule has 1 heterocycles. The number of aliphatic imine (C=N–C) groups is 1. The van der Waals surface area contributed by atoms with Gasteiger partial charge in [0.1, 0.15) is 18.1 Å². The van der Waals surface area contributed by atoms with Gasteiger partial charge < -0.3 is 25.3 Å². The number of anilines is 1. The second-order valence-electron chi connectivity index (χ2n) is 6.50. The number of nitrogens with two attached hydrogens (primary N) is 1. The Hall–Kier alpha value is -2.77. The zero-order valence-electron chi connectivity index (χ0n) is 16.3. The van der Waals surface area contributed by atoms with E-state index in [1.54, 1.807) is 7.11 Å². The van der Waals surface area contributed by atoms with Crippen molar-refractivity contribution in [1.82, 2.24) is 4.90 Å². The molecule has 3 rings (SSSR count). The molecular formula is C21H28N4O3. The van der Waals surface area contributed by atoms with Crippen LogP contribution in [0.25, 0.3) is 0 Å². The second-order valence-corrected chi connectivity index (χ2v) is 6.50. The predicted octanol–water partition coefficient (Wildman–Crippen LogP) is 2.33. The molecule has 2 aromatic rings. The van der Waals surface area contributed by atoms with E-state index in [0.717, 1.165) is 55.6 Å². The van der Waals surface area contributed by atoms with Gasteiger partial charge in [0.2, 0.25) is 0 Å². The third kappa shape index (κ3) is 6.44. The van der Waals surface area contributed by atoms with E-state index in [1.165, 1.54) is 0 Å². The number of nitrogens with one attached hydrogen (secondary N) is 1. The summed E-state index contributed by atoms with van der Waals surface area (Å²) in [5, 5.41) is 3.07. The molecule has 0 bridgehead atoms. The molecule has 150 valence electrons. The van der Waals surface area contributed by atoms with Gasteiger partial charge in [-0.1, -0.05) is 12.1 Å². The van der Waals surface area contributed by atoms with Crippen LogP contribution in [0.15, 0.2) is 53.5 Å². The van der Waals surface area contributed by atoms with Gasteiger partial charge in [-0.3, -0.25) is 4.90 Å². The summed E-state index contributed by atoms with van der Waals surface area (Å²) in [6.45, 7) is 5.60. The van der Waals surface area contributed by atoms with Crippen LogP contribution in [-0.2, 0) is 11.3 Å². The van der Waals surface area contributed by atoms with Crippen LogP contribution in [-0.4, -0.2) is 57.4 Å². The number of ether oxygens (including phenoxy) is 3. The Balaban J connectivity index is 1.46. The standard InChI is InChI=1S/C21H28N4O3/c1-26-19-7-5-18(6-8-19)24-21(22)23-16-17-3-2-4-20(15-17)28-14-11-25-9-12-27-13-10-25/h2-8,15H,9-14,16H2,1H3,(H3,22,23,24). The van der Waals surface area contributed by atoms with Gasteiger partial charge in [-0.05, 0) is 42.0 Å². The van der Waals surface area contributed by atoms with Gasteiger partial charge in [-0.25, -0.2) is 4.99 Å². The lowest BCUT2D eigenvalue weighted by atomic mass is 10.2. The van der Waals surface area contributed by atoms with Crippen molar-refractivity contribution in [3.8, 4) is 11.5 Å². The minimum Gasteiger partial charge on any atom is -0.497 e. The number of nitrogens with zero attached hydrogens (tertiary/aromatic N) is 2. The first-order valence-electron chi connectivity index (χ1n) is 9.46. The highest BCUT2D eigenvalue weighted by molar-refractivity contribution is 5.92. The molecule has 7 heteroatoms. The molecule has 0 radical (unpaired) electrons. The van der Waals surface area contributed by atoms with Gasteiger partial charge in [0.25, 0.3) is 0 Å².